The molecule has 3 aromatic rings. The first-order chi connectivity index (χ1) is 14.7. The number of alkyl halides is 1. The molecular weight excluding hydrogens is 383 g/mol. The Bertz CT molecular complexity index is 969. The van der Waals surface area contributed by atoms with Crippen molar-refractivity contribution in [3.63, 3.8) is 0 Å². The molecule has 0 radical (unpaired) electrons. The summed E-state index contributed by atoms with van der Waals surface area (Å²) in [7, 11) is 3.36. The second kappa shape index (κ2) is 9.39. The van der Waals surface area contributed by atoms with Crippen LogP contribution in [0.15, 0.2) is 42.6 Å². The van der Waals surface area contributed by atoms with Gasteiger partial charge < -0.3 is 18.8 Å². The van der Waals surface area contributed by atoms with E-state index < -0.39 is 6.67 Å². The maximum absolute atomic E-state index is 12.4. The normalized spacial score (nSPS) is 13.6. The van der Waals surface area contributed by atoms with E-state index >= 15 is 0 Å². The summed E-state index contributed by atoms with van der Waals surface area (Å²) in [5.74, 6) is 2.35. The first-order valence-electron chi connectivity index (χ1n) is 10.5. The van der Waals surface area contributed by atoms with Crippen LogP contribution in [0.4, 0.5) is 4.39 Å². The largest absolute Gasteiger partial charge is 0.493 e. The van der Waals surface area contributed by atoms with Gasteiger partial charge in [0.15, 0.2) is 11.5 Å². The summed E-state index contributed by atoms with van der Waals surface area (Å²) < 4.78 is 31.1. The van der Waals surface area contributed by atoms with Crippen molar-refractivity contribution in [2.45, 2.75) is 32.5 Å². The molecule has 6 heteroatoms. The molecule has 0 saturated carbocycles. The van der Waals surface area contributed by atoms with E-state index in [4.69, 9.17) is 14.2 Å². The average molecular weight is 413 g/mol. The van der Waals surface area contributed by atoms with Crippen LogP contribution < -0.4 is 14.2 Å². The predicted molar refractivity (Wildman–Crippen MR) is 116 cm³/mol. The number of halogens is 1. The number of ether oxygens (including phenoxy) is 3. The molecular formula is C24H29FN2O3. The van der Waals surface area contributed by atoms with Gasteiger partial charge in [0.25, 0.3) is 0 Å². The Morgan fingerprint density at radius 2 is 1.60 bits per heavy atom. The predicted octanol–water partition coefficient (Wildman–Crippen LogP) is 4.80. The zero-order valence-electron chi connectivity index (χ0n) is 17.7. The van der Waals surface area contributed by atoms with Gasteiger partial charge in [-0.05, 0) is 60.8 Å². The van der Waals surface area contributed by atoms with Crippen LogP contribution in [0, 0.1) is 0 Å². The number of aromatic nitrogens is 1. The lowest BCUT2D eigenvalue weighted by Crippen LogP contribution is -2.18. The summed E-state index contributed by atoms with van der Waals surface area (Å²) in [5.41, 5.74) is 3.79. The fourth-order valence-electron chi connectivity index (χ4n) is 4.24. The van der Waals surface area contributed by atoms with Gasteiger partial charge in [0, 0.05) is 31.2 Å². The van der Waals surface area contributed by atoms with E-state index in [1.54, 1.807) is 14.2 Å². The minimum atomic E-state index is -0.475. The number of unbranched alkanes of at least 4 members (excludes halogenated alkanes) is 1. The van der Waals surface area contributed by atoms with E-state index in [0.717, 1.165) is 67.2 Å². The monoisotopic (exact) mass is 412 g/mol. The van der Waals surface area contributed by atoms with Crippen molar-refractivity contribution in [3.05, 3.63) is 53.7 Å². The molecule has 160 valence electrons. The molecule has 1 aliphatic heterocycles. The Kier molecular flexibility index (Phi) is 6.43. The Labute approximate surface area is 176 Å². The van der Waals surface area contributed by atoms with E-state index in [1.165, 1.54) is 11.1 Å². The molecule has 0 saturated heterocycles. The highest BCUT2D eigenvalue weighted by Crippen LogP contribution is 2.35. The van der Waals surface area contributed by atoms with Crippen LogP contribution in [0.3, 0.4) is 0 Å². The van der Waals surface area contributed by atoms with Gasteiger partial charge in [0.05, 0.1) is 19.7 Å². The maximum atomic E-state index is 12.4. The number of nitrogens with zero attached hydrogens (tertiary/aromatic N) is 2. The molecule has 4 rings (SSSR count). The number of aryl methyl sites for hydroxylation is 1. The van der Waals surface area contributed by atoms with Gasteiger partial charge >= 0.3 is 0 Å². The van der Waals surface area contributed by atoms with Crippen LogP contribution >= 0.6 is 0 Å². The minimum Gasteiger partial charge on any atom is -0.493 e. The van der Waals surface area contributed by atoms with E-state index in [1.807, 2.05) is 12.1 Å². The molecule has 0 unspecified atom stereocenters. The zero-order chi connectivity index (χ0) is 20.9. The number of methoxy groups -OCH3 is 2. The number of hydrogen-bond donors (Lipinski definition) is 0. The molecule has 0 bridgehead atoms. The van der Waals surface area contributed by atoms with Gasteiger partial charge in [-0.25, -0.2) is 4.39 Å². The fraction of sp³-hybridized carbons (Fsp3) is 0.417. The number of fused-ring (bicyclic) bond motifs is 2. The summed E-state index contributed by atoms with van der Waals surface area (Å²) in [5, 5.41) is 1.05. The van der Waals surface area contributed by atoms with Crippen molar-refractivity contribution in [3.8, 4) is 17.2 Å². The molecule has 0 aliphatic carbocycles. The summed E-state index contributed by atoms with van der Waals surface area (Å²) in [6, 6.07) is 12.2. The maximum Gasteiger partial charge on any atom is 0.161 e. The topological polar surface area (TPSA) is 35.9 Å². The lowest BCUT2D eigenvalue weighted by molar-refractivity contribution is 0.275. The molecule has 30 heavy (non-hydrogen) atoms. The van der Waals surface area contributed by atoms with Crippen molar-refractivity contribution in [1.82, 2.24) is 9.47 Å². The highest BCUT2D eigenvalue weighted by Gasteiger charge is 2.21. The van der Waals surface area contributed by atoms with Crippen LogP contribution in [0.25, 0.3) is 10.9 Å². The van der Waals surface area contributed by atoms with Crippen molar-refractivity contribution in [2.24, 2.45) is 0 Å². The molecule has 0 fully saturated rings. The Balaban J connectivity index is 1.30. The van der Waals surface area contributed by atoms with E-state index in [-0.39, 0.29) is 6.61 Å². The molecule has 1 aromatic heterocycles. The first kappa shape index (κ1) is 20.5. The summed E-state index contributed by atoms with van der Waals surface area (Å²) in [4.78, 5) is 2.47. The van der Waals surface area contributed by atoms with Crippen LogP contribution in [-0.2, 0) is 19.6 Å². The lowest BCUT2D eigenvalue weighted by Gasteiger charge is -2.14. The number of hydrogen-bond acceptors (Lipinski definition) is 4. The Morgan fingerprint density at radius 3 is 2.27 bits per heavy atom. The summed E-state index contributed by atoms with van der Waals surface area (Å²) in [6.07, 6.45) is 4.32. The lowest BCUT2D eigenvalue weighted by atomic mass is 10.1. The standard InChI is InChI=1S/C24H29FN2O3/c1-28-23-14-18-16-26(17-19(18)15-24(23)29-2)10-3-4-11-27-12-8-20-21(27)6-5-7-22(20)30-13-9-25/h5-8,12,14-15H,3-4,9-11,13,16-17H2,1-2H3. The van der Waals surface area contributed by atoms with Crippen molar-refractivity contribution >= 4 is 10.9 Å². The van der Waals surface area contributed by atoms with Gasteiger partial charge in [-0.15, -0.1) is 0 Å². The van der Waals surface area contributed by atoms with Crippen LogP contribution in [0.2, 0.25) is 0 Å². The fourth-order valence-corrected chi connectivity index (χ4v) is 4.24. The van der Waals surface area contributed by atoms with E-state index in [2.05, 4.69) is 39.9 Å². The molecule has 0 amide bonds. The molecule has 0 atom stereocenters. The smallest absolute Gasteiger partial charge is 0.161 e. The van der Waals surface area contributed by atoms with E-state index in [9.17, 15) is 4.39 Å². The highest BCUT2D eigenvalue weighted by molar-refractivity contribution is 5.86. The second-order valence-corrected chi connectivity index (χ2v) is 7.63. The number of benzene rings is 2. The van der Waals surface area contributed by atoms with Crippen molar-refractivity contribution < 1.29 is 18.6 Å². The first-order valence-corrected chi connectivity index (χ1v) is 10.5. The third kappa shape index (κ3) is 4.24. The van der Waals surface area contributed by atoms with Crippen LogP contribution in [-0.4, -0.2) is 43.5 Å². The molecule has 2 aromatic carbocycles. The van der Waals surface area contributed by atoms with Gasteiger partial charge in [0.2, 0.25) is 0 Å². The molecule has 2 heterocycles. The van der Waals surface area contributed by atoms with Gasteiger partial charge in [-0.3, -0.25) is 4.90 Å². The van der Waals surface area contributed by atoms with Crippen molar-refractivity contribution in [1.29, 1.82) is 0 Å². The highest BCUT2D eigenvalue weighted by atomic mass is 19.1. The average Bonchev–Trinajstić information content (AvgIpc) is 3.37. The third-order valence-corrected chi connectivity index (χ3v) is 5.73. The third-order valence-electron chi connectivity index (χ3n) is 5.73. The van der Waals surface area contributed by atoms with Crippen LogP contribution in [0.5, 0.6) is 17.2 Å². The Morgan fingerprint density at radius 1 is 0.900 bits per heavy atom. The van der Waals surface area contributed by atoms with Gasteiger partial charge in [0.1, 0.15) is 19.0 Å². The van der Waals surface area contributed by atoms with E-state index in [0.29, 0.717) is 0 Å². The SMILES string of the molecule is COc1cc2c(cc1OC)CN(CCCCn1ccc3c(OCCF)cccc31)C2. The Hall–Kier alpha value is -2.73. The van der Waals surface area contributed by atoms with Gasteiger partial charge in [-0.2, -0.15) is 0 Å². The number of rotatable bonds is 10. The minimum absolute atomic E-state index is 0.0975. The zero-order valence-corrected chi connectivity index (χ0v) is 17.7. The quantitative estimate of drug-likeness (QED) is 0.448. The molecule has 0 spiro atoms. The summed E-state index contributed by atoms with van der Waals surface area (Å²) in [6.45, 7) is 3.55. The van der Waals surface area contributed by atoms with Crippen LogP contribution in [0.1, 0.15) is 24.0 Å². The van der Waals surface area contributed by atoms with Crippen molar-refractivity contribution in [2.75, 3.05) is 34.0 Å². The second-order valence-electron chi connectivity index (χ2n) is 7.63. The molecule has 1 aliphatic rings. The van der Waals surface area contributed by atoms with Gasteiger partial charge in [-0.1, -0.05) is 6.07 Å². The summed E-state index contributed by atoms with van der Waals surface area (Å²) >= 11 is 0. The molecule has 5 nitrogen and oxygen atoms in total. The molecule has 0 N–H and O–H groups in total.